The predicted octanol–water partition coefficient (Wildman–Crippen LogP) is 5.61. The number of sulfonamides is 1. The molecular formula is C30H25NO5S. The van der Waals surface area contributed by atoms with Crippen molar-refractivity contribution in [2.75, 3.05) is 10.8 Å². The van der Waals surface area contributed by atoms with Crippen LogP contribution < -0.4 is 4.31 Å². The van der Waals surface area contributed by atoms with Gasteiger partial charge in [-0.3, -0.25) is 9.10 Å². The molecular weight excluding hydrogens is 486 g/mol. The van der Waals surface area contributed by atoms with E-state index in [2.05, 4.69) is 0 Å². The SMILES string of the molecule is O=C(O[C@@H](C(=O)c1ccccc1)c1ccccc1)c1cccc(S(=O)(=O)N2CCCc3ccccc32)c1. The van der Waals surface area contributed by atoms with Gasteiger partial charge in [-0.25, -0.2) is 13.2 Å². The van der Waals surface area contributed by atoms with Crippen LogP contribution in [0.2, 0.25) is 0 Å². The number of benzene rings is 4. The summed E-state index contributed by atoms with van der Waals surface area (Å²) in [7, 11) is -3.91. The van der Waals surface area contributed by atoms with E-state index < -0.39 is 22.1 Å². The summed E-state index contributed by atoms with van der Waals surface area (Å²) in [5.41, 5.74) is 2.60. The van der Waals surface area contributed by atoms with Gasteiger partial charge in [0.25, 0.3) is 10.0 Å². The van der Waals surface area contributed by atoms with Gasteiger partial charge in [-0.05, 0) is 42.7 Å². The fraction of sp³-hybridized carbons (Fsp3) is 0.133. The van der Waals surface area contributed by atoms with E-state index in [-0.39, 0.29) is 16.2 Å². The average molecular weight is 512 g/mol. The number of ether oxygens (including phenoxy) is 1. The van der Waals surface area contributed by atoms with Crippen LogP contribution in [0, 0.1) is 0 Å². The van der Waals surface area contributed by atoms with E-state index in [1.165, 1.54) is 28.6 Å². The van der Waals surface area contributed by atoms with Gasteiger partial charge < -0.3 is 4.74 Å². The number of Topliss-reactive ketones (excluding diaryl/α,β-unsaturated/α-hetero) is 1. The largest absolute Gasteiger partial charge is 0.445 e. The summed E-state index contributed by atoms with van der Waals surface area (Å²) in [6, 6.07) is 30.6. The number of hydrogen-bond acceptors (Lipinski definition) is 5. The lowest BCUT2D eigenvalue weighted by Gasteiger charge is -2.30. The summed E-state index contributed by atoms with van der Waals surface area (Å²) in [6.45, 7) is 0.357. The molecule has 1 aliphatic heterocycles. The Morgan fingerprint density at radius 2 is 1.41 bits per heavy atom. The molecule has 5 rings (SSSR count). The Kier molecular flexibility index (Phi) is 6.88. The zero-order chi connectivity index (χ0) is 25.8. The minimum Gasteiger partial charge on any atom is -0.445 e. The van der Waals surface area contributed by atoms with E-state index >= 15 is 0 Å². The average Bonchev–Trinajstić information content (AvgIpc) is 2.96. The van der Waals surface area contributed by atoms with E-state index in [9.17, 15) is 18.0 Å². The molecule has 0 spiro atoms. The van der Waals surface area contributed by atoms with Crippen LogP contribution in [0.5, 0.6) is 0 Å². The fourth-order valence-corrected chi connectivity index (χ4v) is 6.08. The lowest BCUT2D eigenvalue weighted by Crippen LogP contribution is -2.35. The first-order chi connectivity index (χ1) is 17.9. The summed E-state index contributed by atoms with van der Waals surface area (Å²) in [5.74, 6) is -1.15. The highest BCUT2D eigenvalue weighted by Gasteiger charge is 2.31. The molecule has 0 aromatic heterocycles. The van der Waals surface area contributed by atoms with Gasteiger partial charge in [-0.1, -0.05) is 84.9 Å². The third-order valence-electron chi connectivity index (χ3n) is 6.35. The number of carbonyl (C=O) groups excluding carboxylic acids is 2. The monoisotopic (exact) mass is 511 g/mol. The maximum atomic E-state index is 13.6. The lowest BCUT2D eigenvalue weighted by molar-refractivity contribution is 0.0280. The van der Waals surface area contributed by atoms with E-state index in [0.717, 1.165) is 12.0 Å². The van der Waals surface area contributed by atoms with Gasteiger partial charge in [0, 0.05) is 17.7 Å². The molecule has 0 unspecified atom stereocenters. The van der Waals surface area contributed by atoms with Gasteiger partial charge in [0.2, 0.25) is 5.78 Å². The first kappa shape index (κ1) is 24.5. The smallest absolute Gasteiger partial charge is 0.339 e. The van der Waals surface area contributed by atoms with Crippen LogP contribution in [-0.2, 0) is 21.2 Å². The number of hydrogen-bond donors (Lipinski definition) is 0. The van der Waals surface area contributed by atoms with Crippen LogP contribution in [0.3, 0.4) is 0 Å². The van der Waals surface area contributed by atoms with Crippen molar-refractivity contribution in [2.24, 2.45) is 0 Å². The number of nitrogens with zero attached hydrogens (tertiary/aromatic N) is 1. The van der Waals surface area contributed by atoms with E-state index in [4.69, 9.17) is 4.74 Å². The molecule has 0 saturated carbocycles. The molecule has 0 fully saturated rings. The van der Waals surface area contributed by atoms with Crippen LogP contribution >= 0.6 is 0 Å². The second-order valence-corrected chi connectivity index (χ2v) is 10.6. The molecule has 1 atom stereocenters. The van der Waals surface area contributed by atoms with Crippen LogP contribution in [0.4, 0.5) is 5.69 Å². The minimum absolute atomic E-state index is 0.00991. The highest BCUT2D eigenvalue weighted by Crippen LogP contribution is 2.32. The molecule has 1 heterocycles. The lowest BCUT2D eigenvalue weighted by atomic mass is 10.00. The van der Waals surface area contributed by atoms with Crippen molar-refractivity contribution >= 4 is 27.5 Å². The van der Waals surface area contributed by atoms with Gasteiger partial charge in [0.15, 0.2) is 6.10 Å². The molecule has 0 bridgehead atoms. The molecule has 4 aromatic rings. The van der Waals surface area contributed by atoms with Gasteiger partial charge in [-0.2, -0.15) is 0 Å². The van der Waals surface area contributed by atoms with Crippen molar-refractivity contribution in [2.45, 2.75) is 23.8 Å². The third kappa shape index (κ3) is 5.04. The van der Waals surface area contributed by atoms with Crippen molar-refractivity contribution in [3.63, 3.8) is 0 Å². The van der Waals surface area contributed by atoms with E-state index in [0.29, 0.717) is 29.8 Å². The topological polar surface area (TPSA) is 80.8 Å². The van der Waals surface area contributed by atoms with Crippen molar-refractivity contribution in [1.82, 2.24) is 0 Å². The number of anilines is 1. The molecule has 0 saturated heterocycles. The summed E-state index contributed by atoms with van der Waals surface area (Å²) >= 11 is 0. The highest BCUT2D eigenvalue weighted by molar-refractivity contribution is 7.92. The van der Waals surface area contributed by atoms with Gasteiger partial charge in [0.1, 0.15) is 0 Å². The first-order valence-corrected chi connectivity index (χ1v) is 13.4. The molecule has 37 heavy (non-hydrogen) atoms. The Labute approximate surface area is 216 Å². The molecule has 0 N–H and O–H groups in total. The Balaban J connectivity index is 1.45. The van der Waals surface area contributed by atoms with Crippen LogP contribution in [0.25, 0.3) is 0 Å². The summed E-state index contributed by atoms with van der Waals surface area (Å²) in [4.78, 5) is 26.5. The van der Waals surface area contributed by atoms with Crippen molar-refractivity contribution in [3.8, 4) is 0 Å². The summed E-state index contributed by atoms with van der Waals surface area (Å²) < 4.78 is 34.3. The highest BCUT2D eigenvalue weighted by atomic mass is 32.2. The molecule has 4 aromatic carbocycles. The maximum Gasteiger partial charge on any atom is 0.339 e. The van der Waals surface area contributed by atoms with E-state index in [1.807, 2.05) is 24.3 Å². The third-order valence-corrected chi connectivity index (χ3v) is 8.16. The zero-order valence-corrected chi connectivity index (χ0v) is 20.8. The normalized spacial score (nSPS) is 13.9. The molecule has 7 heteroatoms. The number of fused-ring (bicyclic) bond motifs is 1. The minimum atomic E-state index is -3.91. The first-order valence-electron chi connectivity index (χ1n) is 12.0. The number of esters is 1. The van der Waals surface area contributed by atoms with Gasteiger partial charge in [-0.15, -0.1) is 0 Å². The second-order valence-electron chi connectivity index (χ2n) is 8.76. The maximum absolute atomic E-state index is 13.6. The standard InChI is InChI=1S/C30H25NO5S/c32-28(23-12-3-1-4-13-23)29(24-14-5-2-6-15-24)36-30(33)25-16-9-18-26(21-25)37(34,35)31-20-10-17-22-11-7-8-19-27(22)31/h1-9,11-16,18-19,21,29H,10,17,20H2/t29-/m1/s1. The molecule has 0 amide bonds. The Hall–Kier alpha value is -4.23. The predicted molar refractivity (Wildman–Crippen MR) is 141 cm³/mol. The van der Waals surface area contributed by atoms with E-state index in [1.54, 1.807) is 60.7 Å². The van der Waals surface area contributed by atoms with Gasteiger partial charge in [0.05, 0.1) is 16.1 Å². The van der Waals surface area contributed by atoms with Crippen molar-refractivity contribution in [3.05, 3.63) is 131 Å². The van der Waals surface area contributed by atoms with Crippen LogP contribution in [0.1, 0.15) is 44.4 Å². The van der Waals surface area contributed by atoms with Crippen molar-refractivity contribution in [1.29, 1.82) is 0 Å². The Morgan fingerprint density at radius 1 is 0.757 bits per heavy atom. The van der Waals surface area contributed by atoms with Crippen LogP contribution in [0.15, 0.2) is 114 Å². The number of para-hydroxylation sites is 1. The quantitative estimate of drug-likeness (QED) is 0.238. The molecule has 6 nitrogen and oxygen atoms in total. The Bertz CT molecular complexity index is 1530. The summed E-state index contributed by atoms with van der Waals surface area (Å²) in [6.07, 6.45) is 0.341. The van der Waals surface area contributed by atoms with Crippen molar-refractivity contribution < 1.29 is 22.7 Å². The van der Waals surface area contributed by atoms with Crippen LogP contribution in [-0.4, -0.2) is 26.7 Å². The molecule has 1 aliphatic rings. The Morgan fingerprint density at radius 3 is 2.16 bits per heavy atom. The number of rotatable bonds is 7. The zero-order valence-electron chi connectivity index (χ0n) is 20.0. The molecule has 186 valence electrons. The fourth-order valence-electron chi connectivity index (χ4n) is 4.49. The number of ketones is 1. The molecule has 0 aliphatic carbocycles. The molecule has 0 radical (unpaired) electrons. The number of aryl methyl sites for hydroxylation is 1. The number of carbonyl (C=O) groups is 2. The van der Waals surface area contributed by atoms with Gasteiger partial charge >= 0.3 is 5.97 Å². The summed E-state index contributed by atoms with van der Waals surface area (Å²) in [5, 5.41) is 0. The second kappa shape index (κ2) is 10.4.